The number of benzene rings is 2. The zero-order valence-electron chi connectivity index (χ0n) is 14.2. The summed E-state index contributed by atoms with van der Waals surface area (Å²) in [6.45, 7) is 4.68. The summed E-state index contributed by atoms with van der Waals surface area (Å²) in [6, 6.07) is 15.8. The number of nitrogens with zero attached hydrogens (tertiary/aromatic N) is 1. The maximum Gasteiger partial charge on any atom is 0.268 e. The Morgan fingerprint density at radius 3 is 2.62 bits per heavy atom. The summed E-state index contributed by atoms with van der Waals surface area (Å²) in [4.78, 5) is 14.7. The van der Waals surface area contributed by atoms with E-state index in [0.29, 0.717) is 18.0 Å². The van der Waals surface area contributed by atoms with Gasteiger partial charge in [0.05, 0.1) is 5.69 Å². The standard InChI is InChI=1S/C20H24N2O2/c1-14(2)19-20(23)22(12-6-9-15-7-4-3-5-8-15)17-11-10-16(21)13-18(17)24-19/h3-5,7-8,10-11,13-14,19H,6,9,12,21H2,1-2H3. The number of anilines is 2. The molecule has 0 spiro atoms. The average molecular weight is 324 g/mol. The Bertz CT molecular complexity index is 713. The largest absolute Gasteiger partial charge is 0.478 e. The predicted octanol–water partition coefficient (Wildman–Crippen LogP) is 3.65. The van der Waals surface area contributed by atoms with E-state index in [1.54, 1.807) is 6.07 Å². The molecule has 0 saturated carbocycles. The smallest absolute Gasteiger partial charge is 0.268 e. The first-order valence-electron chi connectivity index (χ1n) is 8.48. The molecule has 2 N–H and O–H groups in total. The van der Waals surface area contributed by atoms with Crippen LogP contribution in [0.25, 0.3) is 0 Å². The SMILES string of the molecule is CC(C)C1Oc2cc(N)ccc2N(CCCc2ccccc2)C1=O. The second-order valence-corrected chi connectivity index (χ2v) is 6.59. The van der Waals surface area contributed by atoms with Crippen molar-refractivity contribution in [1.29, 1.82) is 0 Å². The summed E-state index contributed by atoms with van der Waals surface area (Å²) < 4.78 is 5.91. The van der Waals surface area contributed by atoms with Crippen molar-refractivity contribution in [1.82, 2.24) is 0 Å². The first kappa shape index (κ1) is 16.4. The van der Waals surface area contributed by atoms with Crippen LogP contribution in [0.1, 0.15) is 25.8 Å². The van der Waals surface area contributed by atoms with Crippen LogP contribution in [0.3, 0.4) is 0 Å². The Kier molecular flexibility index (Phi) is 4.74. The van der Waals surface area contributed by atoms with Crippen LogP contribution in [0.5, 0.6) is 5.75 Å². The molecular weight excluding hydrogens is 300 g/mol. The van der Waals surface area contributed by atoms with Gasteiger partial charge in [-0.3, -0.25) is 4.79 Å². The molecule has 1 heterocycles. The number of nitrogens with two attached hydrogens (primary N) is 1. The van der Waals surface area contributed by atoms with E-state index in [2.05, 4.69) is 12.1 Å². The van der Waals surface area contributed by atoms with E-state index in [-0.39, 0.29) is 11.8 Å². The number of aryl methyl sites for hydroxylation is 1. The fraction of sp³-hybridized carbons (Fsp3) is 0.350. The van der Waals surface area contributed by atoms with Crippen molar-refractivity contribution in [2.75, 3.05) is 17.2 Å². The zero-order valence-corrected chi connectivity index (χ0v) is 14.2. The van der Waals surface area contributed by atoms with Crippen LogP contribution in [0.4, 0.5) is 11.4 Å². The Hall–Kier alpha value is -2.49. The van der Waals surface area contributed by atoms with Gasteiger partial charge >= 0.3 is 0 Å². The summed E-state index contributed by atoms with van der Waals surface area (Å²) in [7, 11) is 0. The Morgan fingerprint density at radius 2 is 1.92 bits per heavy atom. The molecule has 1 aliphatic rings. The van der Waals surface area contributed by atoms with E-state index >= 15 is 0 Å². The Morgan fingerprint density at radius 1 is 1.17 bits per heavy atom. The highest BCUT2D eigenvalue weighted by Crippen LogP contribution is 2.37. The minimum atomic E-state index is -0.448. The monoisotopic (exact) mass is 324 g/mol. The molecule has 4 nitrogen and oxygen atoms in total. The van der Waals surface area contributed by atoms with Crippen molar-refractivity contribution in [2.24, 2.45) is 5.92 Å². The predicted molar refractivity (Wildman–Crippen MR) is 97.2 cm³/mol. The normalized spacial score (nSPS) is 16.9. The molecule has 0 aliphatic carbocycles. The van der Waals surface area contributed by atoms with Gasteiger partial charge in [0.25, 0.3) is 5.91 Å². The number of ether oxygens (including phenoxy) is 1. The second-order valence-electron chi connectivity index (χ2n) is 6.59. The van der Waals surface area contributed by atoms with Crippen molar-refractivity contribution in [3.63, 3.8) is 0 Å². The summed E-state index contributed by atoms with van der Waals surface area (Å²) in [5.41, 5.74) is 8.63. The van der Waals surface area contributed by atoms with Gasteiger partial charge in [-0.2, -0.15) is 0 Å². The lowest BCUT2D eigenvalue weighted by atomic mass is 10.0. The van der Waals surface area contributed by atoms with E-state index in [1.165, 1.54) is 5.56 Å². The number of fused-ring (bicyclic) bond motifs is 1. The number of nitrogen functional groups attached to an aromatic ring is 1. The molecule has 0 aromatic heterocycles. The molecule has 1 aliphatic heterocycles. The zero-order chi connectivity index (χ0) is 17.1. The number of carbonyl (C=O) groups is 1. The van der Waals surface area contributed by atoms with Crippen LogP contribution in [0, 0.1) is 5.92 Å². The molecule has 2 aromatic carbocycles. The fourth-order valence-electron chi connectivity index (χ4n) is 3.05. The lowest BCUT2D eigenvalue weighted by molar-refractivity contribution is -0.128. The summed E-state index contributed by atoms with van der Waals surface area (Å²) in [5, 5.41) is 0. The number of hydrogen-bond donors (Lipinski definition) is 1. The van der Waals surface area contributed by atoms with Crippen LogP contribution in [-0.4, -0.2) is 18.6 Å². The molecule has 0 fully saturated rings. The third kappa shape index (κ3) is 3.37. The third-order valence-corrected chi connectivity index (χ3v) is 4.33. The molecule has 3 rings (SSSR count). The maximum atomic E-state index is 12.8. The Labute approximate surface area is 143 Å². The van der Waals surface area contributed by atoms with Crippen molar-refractivity contribution in [3.05, 3.63) is 54.1 Å². The van der Waals surface area contributed by atoms with Crippen LogP contribution in [0.15, 0.2) is 48.5 Å². The van der Waals surface area contributed by atoms with Gasteiger partial charge in [-0.25, -0.2) is 0 Å². The number of rotatable bonds is 5. The molecular formula is C20H24N2O2. The van der Waals surface area contributed by atoms with Gasteiger partial charge in [-0.1, -0.05) is 44.2 Å². The second kappa shape index (κ2) is 6.95. The molecule has 0 radical (unpaired) electrons. The topological polar surface area (TPSA) is 55.6 Å². The van der Waals surface area contributed by atoms with Gasteiger partial charge in [-0.05, 0) is 36.5 Å². The highest BCUT2D eigenvalue weighted by molar-refractivity contribution is 6.00. The van der Waals surface area contributed by atoms with Crippen molar-refractivity contribution in [3.8, 4) is 5.75 Å². The highest BCUT2D eigenvalue weighted by Gasteiger charge is 2.35. The molecule has 2 aromatic rings. The molecule has 126 valence electrons. The van der Waals surface area contributed by atoms with Crippen molar-refractivity contribution in [2.45, 2.75) is 32.8 Å². The van der Waals surface area contributed by atoms with Crippen molar-refractivity contribution < 1.29 is 9.53 Å². The molecule has 0 saturated heterocycles. The first-order valence-corrected chi connectivity index (χ1v) is 8.48. The number of hydrogen-bond acceptors (Lipinski definition) is 3. The third-order valence-electron chi connectivity index (χ3n) is 4.33. The first-order chi connectivity index (χ1) is 11.6. The fourth-order valence-corrected chi connectivity index (χ4v) is 3.05. The minimum Gasteiger partial charge on any atom is -0.478 e. The van der Waals surface area contributed by atoms with E-state index < -0.39 is 6.10 Å². The quantitative estimate of drug-likeness (QED) is 0.854. The van der Waals surface area contributed by atoms with E-state index in [4.69, 9.17) is 10.5 Å². The summed E-state index contributed by atoms with van der Waals surface area (Å²) in [5.74, 6) is 0.854. The van der Waals surface area contributed by atoms with Crippen molar-refractivity contribution >= 4 is 17.3 Å². The molecule has 1 atom stereocenters. The maximum absolute atomic E-state index is 12.8. The van der Waals surface area contributed by atoms with E-state index in [1.807, 2.05) is 49.1 Å². The van der Waals surface area contributed by atoms with Gasteiger partial charge in [0.1, 0.15) is 5.75 Å². The highest BCUT2D eigenvalue weighted by atomic mass is 16.5. The van der Waals surface area contributed by atoms with Gasteiger partial charge in [0, 0.05) is 18.3 Å². The van der Waals surface area contributed by atoms with Crippen LogP contribution in [-0.2, 0) is 11.2 Å². The molecule has 1 amide bonds. The van der Waals surface area contributed by atoms with Crippen LogP contribution in [0.2, 0.25) is 0 Å². The molecule has 1 unspecified atom stereocenters. The summed E-state index contributed by atoms with van der Waals surface area (Å²) >= 11 is 0. The van der Waals surface area contributed by atoms with Crippen LogP contribution < -0.4 is 15.4 Å². The number of amides is 1. The van der Waals surface area contributed by atoms with Gasteiger partial charge < -0.3 is 15.4 Å². The van der Waals surface area contributed by atoms with E-state index in [9.17, 15) is 4.79 Å². The molecule has 4 heteroatoms. The van der Waals surface area contributed by atoms with E-state index in [0.717, 1.165) is 18.5 Å². The minimum absolute atomic E-state index is 0.0373. The average Bonchev–Trinajstić information content (AvgIpc) is 2.57. The van der Waals surface area contributed by atoms with Crippen LogP contribution >= 0.6 is 0 Å². The lowest BCUT2D eigenvalue weighted by Crippen LogP contribution is -2.48. The Balaban J connectivity index is 1.78. The summed E-state index contributed by atoms with van der Waals surface area (Å²) in [6.07, 6.45) is 1.41. The number of carbonyl (C=O) groups excluding carboxylic acids is 1. The molecule has 24 heavy (non-hydrogen) atoms. The lowest BCUT2D eigenvalue weighted by Gasteiger charge is -2.36. The van der Waals surface area contributed by atoms with Gasteiger partial charge in [0.15, 0.2) is 6.10 Å². The molecule has 0 bridgehead atoms. The van der Waals surface area contributed by atoms with Gasteiger partial charge in [-0.15, -0.1) is 0 Å². The van der Waals surface area contributed by atoms with Gasteiger partial charge in [0.2, 0.25) is 0 Å².